The number of anilines is 1. The Bertz CT molecular complexity index is 1450. The highest BCUT2D eigenvalue weighted by Crippen LogP contribution is 2.23. The van der Waals surface area contributed by atoms with Crippen LogP contribution in [-0.2, 0) is 32.6 Å². The number of nitrogens with zero attached hydrogens (tertiary/aromatic N) is 2. The maximum atomic E-state index is 14.0. The Labute approximate surface area is 262 Å². The molecular formula is C34H45N3O6S. The van der Waals surface area contributed by atoms with E-state index in [9.17, 15) is 18.0 Å². The van der Waals surface area contributed by atoms with Gasteiger partial charge in [-0.15, -0.1) is 0 Å². The van der Waals surface area contributed by atoms with Crippen LogP contribution in [0.3, 0.4) is 0 Å². The first-order valence-electron chi connectivity index (χ1n) is 15.0. The van der Waals surface area contributed by atoms with Crippen LogP contribution in [0.15, 0.2) is 78.9 Å². The van der Waals surface area contributed by atoms with Crippen molar-refractivity contribution >= 4 is 27.5 Å². The van der Waals surface area contributed by atoms with Crippen LogP contribution in [0.1, 0.15) is 51.2 Å². The highest BCUT2D eigenvalue weighted by Gasteiger charge is 2.31. The van der Waals surface area contributed by atoms with E-state index in [0.717, 1.165) is 23.8 Å². The van der Waals surface area contributed by atoms with E-state index in [1.54, 1.807) is 36.3 Å². The number of rotatable bonds is 17. The van der Waals surface area contributed by atoms with Gasteiger partial charge in [-0.1, -0.05) is 49.4 Å². The summed E-state index contributed by atoms with van der Waals surface area (Å²) in [7, 11) is -2.03. The van der Waals surface area contributed by atoms with Gasteiger partial charge in [-0.2, -0.15) is 0 Å². The first-order chi connectivity index (χ1) is 21.0. The molecule has 0 unspecified atom stereocenters. The lowest BCUT2D eigenvalue weighted by Gasteiger charge is -2.33. The summed E-state index contributed by atoms with van der Waals surface area (Å²) in [4.78, 5) is 29.3. The number of hydrogen-bond donors (Lipinski definition) is 1. The summed E-state index contributed by atoms with van der Waals surface area (Å²) in [5.74, 6) is 0.825. The molecule has 0 bridgehead atoms. The summed E-state index contributed by atoms with van der Waals surface area (Å²) in [5, 5.41) is 3.07. The quantitative estimate of drug-likeness (QED) is 0.222. The lowest BCUT2D eigenvalue weighted by molar-refractivity contribution is -0.141. The minimum absolute atomic E-state index is 0.0505. The molecule has 0 heterocycles. The molecule has 2 amide bonds. The van der Waals surface area contributed by atoms with Gasteiger partial charge in [-0.25, -0.2) is 8.42 Å². The number of sulfonamides is 1. The van der Waals surface area contributed by atoms with Crippen molar-refractivity contribution in [2.75, 3.05) is 30.8 Å². The topological polar surface area (TPSA) is 105 Å². The smallest absolute Gasteiger partial charge is 0.243 e. The number of ether oxygens (including phenoxy) is 2. The first kappa shape index (κ1) is 34.4. The Morgan fingerprint density at radius 3 is 2.20 bits per heavy atom. The molecule has 3 aromatic rings. The van der Waals surface area contributed by atoms with Gasteiger partial charge in [0.1, 0.15) is 17.5 Å². The molecule has 3 rings (SSSR count). The number of carbonyl (C=O) groups excluding carboxylic acids is 2. The van der Waals surface area contributed by atoms with E-state index in [1.165, 1.54) is 4.31 Å². The predicted octanol–water partition coefficient (Wildman–Crippen LogP) is 5.19. The summed E-state index contributed by atoms with van der Waals surface area (Å²) in [6, 6.07) is 23.0. The normalized spacial score (nSPS) is 12.6. The molecule has 0 saturated heterocycles. The summed E-state index contributed by atoms with van der Waals surface area (Å²) in [5.41, 5.74) is 2.24. The number of carbonyl (C=O) groups is 2. The van der Waals surface area contributed by atoms with E-state index in [4.69, 9.17) is 9.47 Å². The van der Waals surface area contributed by atoms with Crippen molar-refractivity contribution in [3.63, 3.8) is 0 Å². The molecular weight excluding hydrogens is 578 g/mol. The van der Waals surface area contributed by atoms with Crippen LogP contribution in [-0.4, -0.2) is 63.7 Å². The van der Waals surface area contributed by atoms with Crippen molar-refractivity contribution in [1.29, 1.82) is 0 Å². The lowest BCUT2D eigenvalue weighted by atomic mass is 10.0. The number of nitrogens with one attached hydrogen (secondary N) is 1. The molecule has 10 heteroatoms. The van der Waals surface area contributed by atoms with Crippen LogP contribution in [0.5, 0.6) is 11.5 Å². The molecule has 0 aliphatic rings. The number of benzene rings is 3. The van der Waals surface area contributed by atoms with Gasteiger partial charge in [0.25, 0.3) is 0 Å². The van der Waals surface area contributed by atoms with Gasteiger partial charge in [0.05, 0.1) is 25.7 Å². The Morgan fingerprint density at radius 1 is 0.909 bits per heavy atom. The standard InChI is InChI=1S/C34H45N3O6S/c1-6-26(3)35-34(39)32(24-27-13-9-8-10-14-27)36(25-28-15-11-16-31(23-28)42-4)33(38)17-12-22-37(44(5,40)41)29-18-20-30(21-19-29)43-7-2/h8-11,13-16,18-21,23,26,32H,6-7,12,17,22,24-25H2,1-5H3,(H,35,39)/t26-,32-/m0/s1. The van der Waals surface area contributed by atoms with Crippen LogP contribution in [0.4, 0.5) is 5.69 Å². The molecule has 2 atom stereocenters. The monoisotopic (exact) mass is 623 g/mol. The lowest BCUT2D eigenvalue weighted by Crippen LogP contribution is -2.52. The highest BCUT2D eigenvalue weighted by molar-refractivity contribution is 7.92. The fraction of sp³-hybridized carbons (Fsp3) is 0.412. The molecule has 0 spiro atoms. The Balaban J connectivity index is 1.89. The fourth-order valence-electron chi connectivity index (χ4n) is 4.84. The molecule has 3 aromatic carbocycles. The summed E-state index contributed by atoms with van der Waals surface area (Å²) in [6.07, 6.45) is 2.55. The van der Waals surface area contributed by atoms with E-state index >= 15 is 0 Å². The first-order valence-corrected chi connectivity index (χ1v) is 16.9. The predicted molar refractivity (Wildman–Crippen MR) is 174 cm³/mol. The Morgan fingerprint density at radius 2 is 1.59 bits per heavy atom. The van der Waals surface area contributed by atoms with Gasteiger partial charge < -0.3 is 19.7 Å². The highest BCUT2D eigenvalue weighted by atomic mass is 32.2. The van der Waals surface area contributed by atoms with Gasteiger partial charge >= 0.3 is 0 Å². The van der Waals surface area contributed by atoms with Crippen molar-refractivity contribution in [3.8, 4) is 11.5 Å². The van der Waals surface area contributed by atoms with Crippen LogP contribution in [0.25, 0.3) is 0 Å². The maximum Gasteiger partial charge on any atom is 0.243 e. The van der Waals surface area contributed by atoms with Crippen molar-refractivity contribution in [1.82, 2.24) is 10.2 Å². The number of hydrogen-bond acceptors (Lipinski definition) is 6. The molecule has 0 aliphatic carbocycles. The average Bonchev–Trinajstić information content (AvgIpc) is 3.01. The number of amides is 2. The maximum absolute atomic E-state index is 14.0. The average molecular weight is 624 g/mol. The number of methoxy groups -OCH3 is 1. The zero-order valence-corrected chi connectivity index (χ0v) is 27.2. The molecule has 0 aromatic heterocycles. The third-order valence-electron chi connectivity index (χ3n) is 7.35. The molecule has 238 valence electrons. The second-order valence-corrected chi connectivity index (χ2v) is 12.7. The largest absolute Gasteiger partial charge is 0.497 e. The van der Waals surface area contributed by atoms with Crippen molar-refractivity contribution in [2.45, 2.75) is 65.1 Å². The molecule has 0 radical (unpaired) electrons. The van der Waals surface area contributed by atoms with Crippen LogP contribution < -0.4 is 19.1 Å². The third kappa shape index (κ3) is 10.3. The molecule has 44 heavy (non-hydrogen) atoms. The zero-order valence-electron chi connectivity index (χ0n) is 26.4. The van der Waals surface area contributed by atoms with Crippen molar-refractivity contribution in [2.24, 2.45) is 0 Å². The second kappa shape index (κ2) is 16.7. The van der Waals surface area contributed by atoms with E-state index in [2.05, 4.69) is 5.32 Å². The Hall–Kier alpha value is -4.05. The molecule has 0 fully saturated rings. The third-order valence-corrected chi connectivity index (χ3v) is 8.54. The Kier molecular flexibility index (Phi) is 13.1. The van der Waals surface area contributed by atoms with E-state index in [0.29, 0.717) is 30.2 Å². The van der Waals surface area contributed by atoms with Gasteiger partial charge in [-0.05, 0) is 74.2 Å². The SMILES string of the molecule is CCOc1ccc(N(CCCC(=O)N(Cc2cccc(OC)c2)[C@@H](Cc2ccccc2)C(=O)N[C@@H](C)CC)S(C)(=O)=O)cc1. The molecule has 1 N–H and O–H groups in total. The zero-order chi connectivity index (χ0) is 32.1. The van der Waals surface area contributed by atoms with Gasteiger partial charge in [-0.3, -0.25) is 13.9 Å². The van der Waals surface area contributed by atoms with Crippen LogP contribution in [0.2, 0.25) is 0 Å². The van der Waals surface area contributed by atoms with E-state index in [-0.39, 0.29) is 43.8 Å². The fourth-order valence-corrected chi connectivity index (χ4v) is 5.81. The second-order valence-electron chi connectivity index (χ2n) is 10.8. The van der Waals surface area contributed by atoms with E-state index < -0.39 is 16.1 Å². The van der Waals surface area contributed by atoms with Crippen molar-refractivity contribution in [3.05, 3.63) is 90.0 Å². The minimum Gasteiger partial charge on any atom is -0.497 e. The van der Waals surface area contributed by atoms with Crippen LogP contribution >= 0.6 is 0 Å². The minimum atomic E-state index is -3.61. The summed E-state index contributed by atoms with van der Waals surface area (Å²) >= 11 is 0. The van der Waals surface area contributed by atoms with E-state index in [1.807, 2.05) is 75.4 Å². The van der Waals surface area contributed by atoms with Gasteiger partial charge in [0.15, 0.2) is 0 Å². The molecule has 0 saturated carbocycles. The summed E-state index contributed by atoms with van der Waals surface area (Å²) in [6.45, 7) is 6.61. The summed E-state index contributed by atoms with van der Waals surface area (Å²) < 4.78 is 37.6. The van der Waals surface area contributed by atoms with Crippen LogP contribution in [0, 0.1) is 0 Å². The van der Waals surface area contributed by atoms with Crippen molar-refractivity contribution < 1.29 is 27.5 Å². The van der Waals surface area contributed by atoms with Gasteiger partial charge in [0.2, 0.25) is 21.8 Å². The van der Waals surface area contributed by atoms with Gasteiger partial charge in [0, 0.05) is 32.0 Å². The molecule has 9 nitrogen and oxygen atoms in total. The molecule has 0 aliphatic heterocycles.